The Bertz CT molecular complexity index is 462. The number of carboxylic acids is 1. The number of rotatable bonds is 4. The molecular formula is C17H23O3-. The minimum absolute atomic E-state index is 0.0174. The Morgan fingerprint density at radius 2 is 2.05 bits per heavy atom. The number of carboxylic acid groups (broad SMARTS) is 1. The fourth-order valence-corrected chi connectivity index (χ4v) is 3.17. The molecule has 3 nitrogen and oxygen atoms in total. The molecule has 0 aromatic heterocycles. The molecule has 0 radical (unpaired) electrons. The molecule has 1 aromatic rings. The number of hydrogen-bond acceptors (Lipinski definition) is 3. The molecule has 0 N–H and O–H groups in total. The van der Waals surface area contributed by atoms with Crippen LogP contribution >= 0.6 is 0 Å². The summed E-state index contributed by atoms with van der Waals surface area (Å²) in [6, 6.07) is 8.18. The number of benzene rings is 1. The van der Waals surface area contributed by atoms with Gasteiger partial charge in [-0.1, -0.05) is 29.8 Å². The minimum Gasteiger partial charge on any atom is -0.550 e. The van der Waals surface area contributed by atoms with E-state index in [1.165, 1.54) is 5.56 Å². The second-order valence-corrected chi connectivity index (χ2v) is 6.45. The van der Waals surface area contributed by atoms with E-state index in [4.69, 9.17) is 4.74 Å². The zero-order chi connectivity index (χ0) is 14.8. The van der Waals surface area contributed by atoms with Crippen LogP contribution in [0.4, 0.5) is 0 Å². The average molecular weight is 275 g/mol. The van der Waals surface area contributed by atoms with Crippen molar-refractivity contribution in [2.75, 3.05) is 6.61 Å². The van der Waals surface area contributed by atoms with Gasteiger partial charge >= 0.3 is 0 Å². The van der Waals surface area contributed by atoms with Gasteiger partial charge in [-0.25, -0.2) is 0 Å². The van der Waals surface area contributed by atoms with Crippen molar-refractivity contribution < 1.29 is 14.6 Å². The molecule has 1 aliphatic heterocycles. The van der Waals surface area contributed by atoms with Gasteiger partial charge in [-0.2, -0.15) is 0 Å². The molecule has 110 valence electrons. The van der Waals surface area contributed by atoms with E-state index in [-0.39, 0.29) is 17.9 Å². The third kappa shape index (κ3) is 3.83. The van der Waals surface area contributed by atoms with Gasteiger partial charge in [-0.3, -0.25) is 0 Å². The van der Waals surface area contributed by atoms with Gasteiger partial charge < -0.3 is 14.6 Å². The molecule has 0 saturated carbocycles. The predicted octanol–water partition coefficient (Wildman–Crippen LogP) is 2.42. The van der Waals surface area contributed by atoms with Crippen molar-refractivity contribution in [3.63, 3.8) is 0 Å². The van der Waals surface area contributed by atoms with E-state index in [1.807, 2.05) is 31.2 Å². The van der Waals surface area contributed by atoms with E-state index in [0.29, 0.717) is 12.5 Å². The highest BCUT2D eigenvalue weighted by Crippen LogP contribution is 2.39. The summed E-state index contributed by atoms with van der Waals surface area (Å²) in [5.41, 5.74) is 2.12. The smallest absolute Gasteiger partial charge is 0.0629 e. The molecule has 20 heavy (non-hydrogen) atoms. The topological polar surface area (TPSA) is 49.4 Å². The first-order chi connectivity index (χ1) is 9.37. The van der Waals surface area contributed by atoms with Crippen LogP contribution in [0.15, 0.2) is 24.3 Å². The largest absolute Gasteiger partial charge is 0.550 e. The molecule has 2 rings (SSSR count). The number of aliphatic carboxylic acids is 1. The zero-order valence-electron chi connectivity index (χ0n) is 12.5. The summed E-state index contributed by atoms with van der Waals surface area (Å²) in [4.78, 5) is 11.1. The average Bonchev–Trinajstić information content (AvgIpc) is 2.36. The zero-order valence-corrected chi connectivity index (χ0v) is 12.5. The van der Waals surface area contributed by atoms with Crippen LogP contribution < -0.4 is 5.11 Å². The monoisotopic (exact) mass is 275 g/mol. The van der Waals surface area contributed by atoms with E-state index in [1.54, 1.807) is 0 Å². The highest BCUT2D eigenvalue weighted by Gasteiger charge is 2.34. The maximum Gasteiger partial charge on any atom is 0.0629 e. The quantitative estimate of drug-likeness (QED) is 0.848. The molecule has 1 saturated heterocycles. The van der Waals surface area contributed by atoms with Crippen LogP contribution in [0.25, 0.3) is 0 Å². The Hall–Kier alpha value is -1.35. The molecule has 0 amide bonds. The molecule has 0 spiro atoms. The van der Waals surface area contributed by atoms with Gasteiger partial charge in [0, 0.05) is 12.6 Å². The minimum atomic E-state index is -0.972. The lowest BCUT2D eigenvalue weighted by atomic mass is 9.75. The molecule has 1 aliphatic rings. The second-order valence-electron chi connectivity index (χ2n) is 6.45. The first kappa shape index (κ1) is 15.0. The lowest BCUT2D eigenvalue weighted by Gasteiger charge is -2.39. The summed E-state index contributed by atoms with van der Waals surface area (Å²) < 4.78 is 5.74. The van der Waals surface area contributed by atoms with Crippen LogP contribution in [-0.2, 0) is 9.53 Å². The Morgan fingerprint density at radius 1 is 1.40 bits per heavy atom. The van der Waals surface area contributed by atoms with E-state index in [2.05, 4.69) is 13.8 Å². The normalized spacial score (nSPS) is 23.2. The Kier molecular flexibility index (Phi) is 4.48. The van der Waals surface area contributed by atoms with Gasteiger partial charge in [0.05, 0.1) is 5.60 Å². The first-order valence-corrected chi connectivity index (χ1v) is 7.28. The van der Waals surface area contributed by atoms with E-state index >= 15 is 0 Å². The van der Waals surface area contributed by atoms with Crippen molar-refractivity contribution in [3.05, 3.63) is 35.4 Å². The Labute approximate surface area is 121 Å². The first-order valence-electron chi connectivity index (χ1n) is 7.28. The van der Waals surface area contributed by atoms with Crippen molar-refractivity contribution in [2.24, 2.45) is 5.92 Å². The lowest BCUT2D eigenvalue weighted by molar-refractivity contribution is -0.306. The molecule has 1 aromatic carbocycles. The summed E-state index contributed by atoms with van der Waals surface area (Å²) in [7, 11) is 0. The van der Waals surface area contributed by atoms with Crippen LogP contribution in [0, 0.1) is 12.8 Å². The molecule has 0 bridgehead atoms. The van der Waals surface area contributed by atoms with Gasteiger partial charge in [0.2, 0.25) is 0 Å². The molecule has 2 atom stereocenters. The summed E-state index contributed by atoms with van der Waals surface area (Å²) in [6.45, 7) is 6.89. The summed E-state index contributed by atoms with van der Waals surface area (Å²) >= 11 is 0. The third-order valence-electron chi connectivity index (χ3n) is 4.20. The number of aryl methyl sites for hydroxylation is 1. The van der Waals surface area contributed by atoms with Crippen LogP contribution in [0.2, 0.25) is 0 Å². The molecular weight excluding hydrogens is 252 g/mol. The van der Waals surface area contributed by atoms with Crippen molar-refractivity contribution in [1.82, 2.24) is 0 Å². The van der Waals surface area contributed by atoms with E-state index in [0.717, 1.165) is 18.4 Å². The van der Waals surface area contributed by atoms with Gasteiger partial charge in [0.25, 0.3) is 0 Å². The lowest BCUT2D eigenvalue weighted by Crippen LogP contribution is -2.37. The molecule has 1 heterocycles. The molecule has 0 unspecified atom stereocenters. The maximum absolute atomic E-state index is 11.1. The fraction of sp³-hybridized carbons (Fsp3) is 0.588. The highest BCUT2D eigenvalue weighted by molar-refractivity contribution is 5.65. The summed E-state index contributed by atoms with van der Waals surface area (Å²) in [6.07, 6.45) is 1.89. The predicted molar refractivity (Wildman–Crippen MR) is 76.3 cm³/mol. The van der Waals surface area contributed by atoms with Gasteiger partial charge in [-0.15, -0.1) is 0 Å². The van der Waals surface area contributed by atoms with Gasteiger partial charge in [0.1, 0.15) is 0 Å². The summed E-state index contributed by atoms with van der Waals surface area (Å²) in [5, 5.41) is 11.1. The maximum atomic E-state index is 11.1. The second kappa shape index (κ2) is 5.96. The number of ether oxygens (including phenoxy) is 1. The van der Waals surface area contributed by atoms with Crippen molar-refractivity contribution in [1.29, 1.82) is 0 Å². The van der Waals surface area contributed by atoms with Crippen LogP contribution in [0.3, 0.4) is 0 Å². The van der Waals surface area contributed by atoms with Crippen molar-refractivity contribution >= 4 is 5.97 Å². The highest BCUT2D eigenvalue weighted by atomic mass is 16.5. The fourth-order valence-electron chi connectivity index (χ4n) is 3.17. The van der Waals surface area contributed by atoms with Crippen LogP contribution in [-0.4, -0.2) is 18.2 Å². The number of hydrogen-bond donors (Lipinski definition) is 0. The van der Waals surface area contributed by atoms with Gasteiger partial charge in [-0.05, 0) is 57.4 Å². The Morgan fingerprint density at radius 3 is 2.60 bits per heavy atom. The van der Waals surface area contributed by atoms with Gasteiger partial charge in [0.15, 0.2) is 0 Å². The van der Waals surface area contributed by atoms with E-state index < -0.39 is 5.97 Å². The van der Waals surface area contributed by atoms with Crippen LogP contribution in [0.1, 0.15) is 50.2 Å². The van der Waals surface area contributed by atoms with Crippen molar-refractivity contribution in [3.8, 4) is 0 Å². The number of carbonyl (C=O) groups is 1. The molecule has 1 fully saturated rings. The summed E-state index contributed by atoms with van der Waals surface area (Å²) in [5.74, 6) is -0.622. The molecule has 0 aliphatic carbocycles. The Balaban J connectivity index is 2.23. The van der Waals surface area contributed by atoms with E-state index in [9.17, 15) is 9.90 Å². The standard InChI is InChI=1S/C17H24O3/c1-12-4-6-13(7-5-12)15(10-16(18)19)14-8-9-20-17(2,3)11-14/h4-7,14-15H,8-11H2,1-3H3,(H,18,19)/p-1/t14-,15+/m1/s1. The van der Waals surface area contributed by atoms with Crippen molar-refractivity contribution in [2.45, 2.75) is 51.6 Å². The number of carbonyl (C=O) groups excluding carboxylic acids is 1. The SMILES string of the molecule is Cc1ccc([C@H](CC(=O)[O-])[C@@H]2CCOC(C)(C)C2)cc1. The third-order valence-corrected chi connectivity index (χ3v) is 4.20. The van der Waals surface area contributed by atoms with Crippen LogP contribution in [0.5, 0.6) is 0 Å². The molecule has 3 heteroatoms.